The van der Waals surface area contributed by atoms with Crippen molar-refractivity contribution in [3.63, 3.8) is 0 Å². The second kappa shape index (κ2) is 8.40. The molecule has 1 fully saturated rings. The van der Waals surface area contributed by atoms with Gasteiger partial charge in [0.2, 0.25) is 0 Å². The highest BCUT2D eigenvalue weighted by Gasteiger charge is 2.35. The van der Waals surface area contributed by atoms with Gasteiger partial charge < -0.3 is 9.47 Å². The Bertz CT molecular complexity index is 343. The fourth-order valence-corrected chi connectivity index (χ4v) is 2.90. The average molecular weight is 298 g/mol. The summed E-state index contributed by atoms with van der Waals surface area (Å²) < 4.78 is 10.8. The zero-order chi connectivity index (χ0) is 16.0. The molecule has 1 rings (SSSR count). The lowest BCUT2D eigenvalue weighted by Gasteiger charge is -2.29. The Kier molecular flexibility index (Phi) is 7.20. The van der Waals surface area contributed by atoms with E-state index in [0.717, 1.165) is 12.8 Å². The first-order valence-corrected chi connectivity index (χ1v) is 8.24. The first-order chi connectivity index (χ1) is 9.82. The molecule has 0 spiro atoms. The van der Waals surface area contributed by atoms with Crippen LogP contribution in [0.3, 0.4) is 0 Å². The number of carbonyl (C=O) groups excluding carboxylic acids is 2. The Labute approximate surface area is 128 Å². The smallest absolute Gasteiger partial charge is 0.320 e. The maximum Gasteiger partial charge on any atom is 0.320 e. The van der Waals surface area contributed by atoms with Crippen molar-refractivity contribution in [1.82, 2.24) is 0 Å². The van der Waals surface area contributed by atoms with E-state index in [-0.39, 0.29) is 18.1 Å². The van der Waals surface area contributed by atoms with Crippen LogP contribution in [0, 0.1) is 17.8 Å². The van der Waals surface area contributed by atoms with Gasteiger partial charge in [0, 0.05) is 0 Å². The predicted octanol–water partition coefficient (Wildman–Crippen LogP) is 3.72. The van der Waals surface area contributed by atoms with Crippen LogP contribution in [0.25, 0.3) is 0 Å². The predicted molar refractivity (Wildman–Crippen MR) is 81.7 cm³/mol. The summed E-state index contributed by atoms with van der Waals surface area (Å²) >= 11 is 0. The van der Waals surface area contributed by atoms with Crippen LogP contribution >= 0.6 is 0 Å². The molecule has 0 aliphatic heterocycles. The molecule has 122 valence electrons. The molecule has 0 aromatic rings. The number of hydrogen-bond acceptors (Lipinski definition) is 4. The number of esters is 2. The molecule has 2 unspecified atom stereocenters. The first kappa shape index (κ1) is 18.0. The van der Waals surface area contributed by atoms with Gasteiger partial charge >= 0.3 is 11.9 Å². The SMILES string of the molecule is CC(C)OC(=O)C(C(=O)OC(C)C1CCCCC1)C(C)C. The van der Waals surface area contributed by atoms with Gasteiger partial charge in [0.05, 0.1) is 6.10 Å². The normalized spacial score (nSPS) is 19.4. The van der Waals surface area contributed by atoms with Gasteiger partial charge in [-0.1, -0.05) is 33.1 Å². The second-order valence-corrected chi connectivity index (χ2v) is 6.75. The molecule has 4 nitrogen and oxygen atoms in total. The fourth-order valence-electron chi connectivity index (χ4n) is 2.90. The average Bonchev–Trinajstić information content (AvgIpc) is 2.38. The summed E-state index contributed by atoms with van der Waals surface area (Å²) in [5, 5.41) is 0. The van der Waals surface area contributed by atoms with E-state index in [2.05, 4.69) is 0 Å². The Morgan fingerprint density at radius 3 is 1.86 bits per heavy atom. The molecule has 1 aliphatic rings. The van der Waals surface area contributed by atoms with Crippen molar-refractivity contribution in [2.45, 2.75) is 78.9 Å². The van der Waals surface area contributed by atoms with Gasteiger partial charge in [-0.2, -0.15) is 0 Å². The minimum atomic E-state index is -0.821. The van der Waals surface area contributed by atoms with Crippen LogP contribution in [0.1, 0.15) is 66.7 Å². The van der Waals surface area contributed by atoms with Crippen molar-refractivity contribution in [3.8, 4) is 0 Å². The van der Waals surface area contributed by atoms with E-state index in [9.17, 15) is 9.59 Å². The molecule has 0 bridgehead atoms. The van der Waals surface area contributed by atoms with Crippen LogP contribution in [0.2, 0.25) is 0 Å². The third-order valence-corrected chi connectivity index (χ3v) is 4.14. The molecular formula is C17H30O4. The molecule has 0 amide bonds. The lowest BCUT2D eigenvalue weighted by Crippen LogP contribution is -2.36. The van der Waals surface area contributed by atoms with Gasteiger partial charge in [0.25, 0.3) is 0 Å². The van der Waals surface area contributed by atoms with Gasteiger partial charge in [0.1, 0.15) is 6.10 Å². The molecule has 2 atom stereocenters. The van der Waals surface area contributed by atoms with Gasteiger partial charge in [0.15, 0.2) is 5.92 Å². The van der Waals surface area contributed by atoms with E-state index in [1.54, 1.807) is 13.8 Å². The number of rotatable bonds is 6. The van der Waals surface area contributed by atoms with Crippen LogP contribution in [-0.4, -0.2) is 24.1 Å². The Hall–Kier alpha value is -1.06. The fraction of sp³-hybridized carbons (Fsp3) is 0.882. The minimum Gasteiger partial charge on any atom is -0.462 e. The summed E-state index contributed by atoms with van der Waals surface area (Å²) in [6, 6.07) is 0. The maximum absolute atomic E-state index is 12.3. The van der Waals surface area contributed by atoms with Crippen molar-refractivity contribution in [2.75, 3.05) is 0 Å². The molecule has 1 saturated carbocycles. The van der Waals surface area contributed by atoms with Crippen molar-refractivity contribution >= 4 is 11.9 Å². The Morgan fingerprint density at radius 2 is 1.38 bits per heavy atom. The summed E-state index contributed by atoms with van der Waals surface area (Å²) in [5.74, 6) is -1.42. The Morgan fingerprint density at radius 1 is 0.857 bits per heavy atom. The van der Waals surface area contributed by atoms with Gasteiger partial charge in [-0.3, -0.25) is 9.59 Å². The van der Waals surface area contributed by atoms with E-state index in [1.165, 1.54) is 19.3 Å². The molecule has 0 N–H and O–H groups in total. The topological polar surface area (TPSA) is 52.6 Å². The first-order valence-electron chi connectivity index (χ1n) is 8.24. The largest absolute Gasteiger partial charge is 0.462 e. The molecule has 0 radical (unpaired) electrons. The van der Waals surface area contributed by atoms with E-state index < -0.39 is 17.9 Å². The highest BCUT2D eigenvalue weighted by Crippen LogP contribution is 2.29. The van der Waals surface area contributed by atoms with E-state index in [0.29, 0.717) is 5.92 Å². The van der Waals surface area contributed by atoms with Crippen molar-refractivity contribution in [1.29, 1.82) is 0 Å². The highest BCUT2D eigenvalue weighted by atomic mass is 16.6. The third kappa shape index (κ3) is 5.68. The highest BCUT2D eigenvalue weighted by molar-refractivity contribution is 5.95. The summed E-state index contributed by atoms with van der Waals surface area (Å²) in [6.45, 7) is 9.20. The molecule has 0 aromatic carbocycles. The molecule has 0 aromatic heterocycles. The van der Waals surface area contributed by atoms with Crippen LogP contribution in [0.5, 0.6) is 0 Å². The molecular weight excluding hydrogens is 268 g/mol. The van der Waals surface area contributed by atoms with Gasteiger partial charge in [-0.25, -0.2) is 0 Å². The molecule has 21 heavy (non-hydrogen) atoms. The maximum atomic E-state index is 12.3. The third-order valence-electron chi connectivity index (χ3n) is 4.14. The van der Waals surface area contributed by atoms with Crippen LogP contribution in [0.4, 0.5) is 0 Å². The molecule has 0 saturated heterocycles. The van der Waals surface area contributed by atoms with Gasteiger partial charge in [-0.05, 0) is 45.4 Å². The molecule has 1 aliphatic carbocycles. The number of hydrogen-bond donors (Lipinski definition) is 0. The summed E-state index contributed by atoms with van der Waals surface area (Å²) in [6.07, 6.45) is 5.56. The quantitative estimate of drug-likeness (QED) is 0.554. The van der Waals surface area contributed by atoms with E-state index in [1.807, 2.05) is 20.8 Å². The zero-order valence-electron chi connectivity index (χ0n) is 14.1. The zero-order valence-corrected chi connectivity index (χ0v) is 14.1. The molecule has 4 heteroatoms. The second-order valence-electron chi connectivity index (χ2n) is 6.75. The van der Waals surface area contributed by atoms with E-state index in [4.69, 9.17) is 9.47 Å². The van der Waals surface area contributed by atoms with Crippen molar-refractivity contribution in [2.24, 2.45) is 17.8 Å². The van der Waals surface area contributed by atoms with Crippen LogP contribution in [0.15, 0.2) is 0 Å². The number of ether oxygens (including phenoxy) is 2. The summed E-state index contributed by atoms with van der Waals surface area (Å²) in [7, 11) is 0. The summed E-state index contributed by atoms with van der Waals surface area (Å²) in [5.41, 5.74) is 0. The van der Waals surface area contributed by atoms with Crippen molar-refractivity contribution < 1.29 is 19.1 Å². The van der Waals surface area contributed by atoms with Crippen molar-refractivity contribution in [3.05, 3.63) is 0 Å². The lowest BCUT2D eigenvalue weighted by atomic mass is 9.85. The standard InChI is InChI=1S/C17H30O4/c1-11(2)15(16(18)20-12(3)4)17(19)21-13(5)14-9-7-6-8-10-14/h11-15H,6-10H2,1-5H3. The summed E-state index contributed by atoms with van der Waals surface area (Å²) in [4.78, 5) is 24.4. The number of carbonyl (C=O) groups is 2. The van der Waals surface area contributed by atoms with Crippen LogP contribution in [-0.2, 0) is 19.1 Å². The molecule has 0 heterocycles. The van der Waals surface area contributed by atoms with E-state index >= 15 is 0 Å². The van der Waals surface area contributed by atoms with Gasteiger partial charge in [-0.15, -0.1) is 0 Å². The Balaban J connectivity index is 2.61. The monoisotopic (exact) mass is 298 g/mol. The van der Waals surface area contributed by atoms with Crippen LogP contribution < -0.4 is 0 Å². The lowest BCUT2D eigenvalue weighted by molar-refractivity contribution is -0.170. The minimum absolute atomic E-state index is 0.120.